The van der Waals surface area contributed by atoms with E-state index in [1.165, 1.54) is 0 Å². The molecule has 2 N–H and O–H groups in total. The van der Waals surface area contributed by atoms with Gasteiger partial charge in [0.15, 0.2) is 0 Å². The Labute approximate surface area is 131 Å². The number of hydrogen-bond donors (Lipinski definition) is 2. The number of para-hydroxylation sites is 1. The predicted molar refractivity (Wildman–Crippen MR) is 89.6 cm³/mol. The van der Waals surface area contributed by atoms with Crippen molar-refractivity contribution in [3.63, 3.8) is 0 Å². The maximum absolute atomic E-state index is 12.6. The molecule has 0 spiro atoms. The van der Waals surface area contributed by atoms with Crippen LogP contribution in [0, 0.1) is 0 Å². The molecule has 0 radical (unpaired) electrons. The van der Waals surface area contributed by atoms with Crippen molar-refractivity contribution >= 4 is 26.6 Å². The molecule has 0 aliphatic carbocycles. The van der Waals surface area contributed by atoms with Crippen molar-refractivity contribution in [1.82, 2.24) is 10.3 Å². The van der Waals surface area contributed by atoms with Crippen molar-refractivity contribution in [3.8, 4) is 0 Å². The van der Waals surface area contributed by atoms with Gasteiger partial charge < -0.3 is 5.32 Å². The van der Waals surface area contributed by atoms with E-state index in [0.717, 1.165) is 36.1 Å². The molecule has 0 bridgehead atoms. The lowest BCUT2D eigenvalue weighted by atomic mass is 10.1. The summed E-state index contributed by atoms with van der Waals surface area (Å²) in [5.41, 5.74) is 2.26. The van der Waals surface area contributed by atoms with Crippen molar-refractivity contribution < 1.29 is 8.42 Å². The number of nitrogens with one attached hydrogen (secondary N) is 2. The molecule has 1 saturated heterocycles. The molecule has 1 aliphatic rings. The van der Waals surface area contributed by atoms with Crippen LogP contribution in [-0.2, 0) is 16.4 Å². The molecule has 0 amide bonds. The minimum atomic E-state index is -3.38. The van der Waals surface area contributed by atoms with Crippen molar-refractivity contribution in [1.29, 1.82) is 0 Å². The van der Waals surface area contributed by atoms with Crippen molar-refractivity contribution in [3.05, 3.63) is 36.0 Å². The van der Waals surface area contributed by atoms with Gasteiger partial charge in [0, 0.05) is 11.1 Å². The van der Waals surface area contributed by atoms with Crippen LogP contribution in [0.25, 0.3) is 10.9 Å². The zero-order chi connectivity index (χ0) is 15.6. The third kappa shape index (κ3) is 3.08. The maximum atomic E-state index is 12.6. The molecule has 22 heavy (non-hydrogen) atoms. The lowest BCUT2D eigenvalue weighted by Gasteiger charge is -2.23. The highest BCUT2D eigenvalue weighted by Gasteiger charge is 2.27. The van der Waals surface area contributed by atoms with Crippen molar-refractivity contribution in [2.75, 3.05) is 17.8 Å². The van der Waals surface area contributed by atoms with Gasteiger partial charge in [0.1, 0.15) is 0 Å². The van der Waals surface area contributed by atoms with Gasteiger partial charge in [-0.2, -0.15) is 0 Å². The molecule has 1 aromatic heterocycles. The van der Waals surface area contributed by atoms with Crippen LogP contribution in [0.2, 0.25) is 0 Å². The minimum absolute atomic E-state index is 0.335. The van der Waals surface area contributed by atoms with Gasteiger partial charge in [0.2, 0.25) is 10.0 Å². The average molecular weight is 319 g/mol. The standard InChI is InChI=1S/C16H21N3O2S/c1-2-13-7-6-12-4-3-5-15(16(12)18-13)19-22(20,21)14-8-10-17-11-9-14/h3-7,14,17,19H,2,8-11H2,1H3. The summed E-state index contributed by atoms with van der Waals surface area (Å²) >= 11 is 0. The van der Waals surface area contributed by atoms with Gasteiger partial charge in [-0.3, -0.25) is 9.71 Å². The van der Waals surface area contributed by atoms with E-state index in [1.807, 2.05) is 31.2 Å². The lowest BCUT2D eigenvalue weighted by molar-refractivity contribution is 0.499. The van der Waals surface area contributed by atoms with Gasteiger partial charge in [-0.25, -0.2) is 8.42 Å². The molecular weight excluding hydrogens is 298 g/mol. The Bertz CT molecular complexity index is 768. The third-order valence-electron chi connectivity index (χ3n) is 4.12. The number of benzene rings is 1. The highest BCUT2D eigenvalue weighted by Crippen LogP contribution is 2.25. The second-order valence-electron chi connectivity index (χ2n) is 5.63. The second-order valence-corrected chi connectivity index (χ2v) is 7.59. The van der Waals surface area contributed by atoms with Gasteiger partial charge in [-0.1, -0.05) is 25.1 Å². The molecular formula is C16H21N3O2S. The molecule has 2 heterocycles. The Hall–Kier alpha value is -1.66. The normalized spacial score (nSPS) is 16.8. The van der Waals surface area contributed by atoms with E-state index in [0.29, 0.717) is 18.5 Å². The summed E-state index contributed by atoms with van der Waals surface area (Å²) in [6.07, 6.45) is 2.12. The minimum Gasteiger partial charge on any atom is -0.317 e. The van der Waals surface area contributed by atoms with Crippen LogP contribution >= 0.6 is 0 Å². The number of sulfonamides is 1. The number of pyridine rings is 1. The zero-order valence-corrected chi connectivity index (χ0v) is 13.5. The SMILES string of the molecule is CCc1ccc2cccc(NS(=O)(=O)C3CCNCC3)c2n1. The summed E-state index contributed by atoms with van der Waals surface area (Å²) in [7, 11) is -3.38. The fourth-order valence-corrected chi connectivity index (χ4v) is 4.30. The highest BCUT2D eigenvalue weighted by atomic mass is 32.2. The van der Waals surface area contributed by atoms with E-state index in [2.05, 4.69) is 15.0 Å². The van der Waals surface area contributed by atoms with Crippen LogP contribution in [0.4, 0.5) is 5.69 Å². The summed E-state index contributed by atoms with van der Waals surface area (Å²) in [6, 6.07) is 9.56. The zero-order valence-electron chi connectivity index (χ0n) is 12.7. The van der Waals surface area contributed by atoms with E-state index in [-0.39, 0.29) is 5.25 Å². The number of aromatic nitrogens is 1. The van der Waals surface area contributed by atoms with Crippen molar-refractivity contribution in [2.24, 2.45) is 0 Å². The Balaban J connectivity index is 1.95. The summed E-state index contributed by atoms with van der Waals surface area (Å²) in [4.78, 5) is 4.58. The fraction of sp³-hybridized carbons (Fsp3) is 0.438. The van der Waals surface area contributed by atoms with E-state index in [1.54, 1.807) is 6.07 Å². The lowest BCUT2D eigenvalue weighted by Crippen LogP contribution is -2.38. The molecule has 1 aromatic carbocycles. The number of nitrogens with zero attached hydrogens (tertiary/aromatic N) is 1. The van der Waals surface area contributed by atoms with E-state index < -0.39 is 10.0 Å². The summed E-state index contributed by atoms with van der Waals surface area (Å²) in [5.74, 6) is 0. The van der Waals surface area contributed by atoms with Crippen LogP contribution in [0.3, 0.4) is 0 Å². The number of rotatable bonds is 4. The van der Waals surface area contributed by atoms with E-state index >= 15 is 0 Å². The summed E-state index contributed by atoms with van der Waals surface area (Å²) < 4.78 is 27.9. The van der Waals surface area contributed by atoms with Crippen LogP contribution in [-0.4, -0.2) is 31.7 Å². The van der Waals surface area contributed by atoms with Crippen molar-refractivity contribution in [2.45, 2.75) is 31.4 Å². The molecule has 6 heteroatoms. The number of piperidine rings is 1. The molecule has 3 rings (SSSR count). The number of fused-ring (bicyclic) bond motifs is 1. The first kappa shape index (κ1) is 15.2. The second kappa shape index (κ2) is 6.22. The molecule has 0 atom stereocenters. The number of hydrogen-bond acceptors (Lipinski definition) is 4. The Morgan fingerprint density at radius 2 is 2.00 bits per heavy atom. The van der Waals surface area contributed by atoms with Gasteiger partial charge >= 0.3 is 0 Å². The van der Waals surface area contributed by atoms with Crippen LogP contribution < -0.4 is 10.0 Å². The van der Waals surface area contributed by atoms with E-state index in [4.69, 9.17) is 0 Å². The first-order valence-electron chi connectivity index (χ1n) is 7.71. The largest absolute Gasteiger partial charge is 0.317 e. The number of aryl methyl sites for hydroxylation is 1. The third-order valence-corrected chi connectivity index (χ3v) is 5.97. The van der Waals surface area contributed by atoms with Gasteiger partial charge in [-0.05, 0) is 44.5 Å². The Kier molecular flexibility index (Phi) is 4.31. The molecule has 5 nitrogen and oxygen atoms in total. The highest BCUT2D eigenvalue weighted by molar-refractivity contribution is 7.93. The smallest absolute Gasteiger partial charge is 0.235 e. The molecule has 2 aromatic rings. The molecule has 118 valence electrons. The summed E-state index contributed by atoms with van der Waals surface area (Å²) in [5, 5.41) is 3.80. The van der Waals surface area contributed by atoms with Gasteiger partial charge in [-0.15, -0.1) is 0 Å². The topological polar surface area (TPSA) is 71.1 Å². The molecule has 1 fully saturated rings. The van der Waals surface area contributed by atoms with Crippen LogP contribution in [0.15, 0.2) is 30.3 Å². The fourth-order valence-electron chi connectivity index (χ4n) is 2.81. The monoisotopic (exact) mass is 319 g/mol. The Morgan fingerprint density at radius 1 is 1.23 bits per heavy atom. The predicted octanol–water partition coefficient (Wildman–Crippen LogP) is 2.29. The number of anilines is 1. The van der Waals surface area contributed by atoms with Crippen LogP contribution in [0.5, 0.6) is 0 Å². The van der Waals surface area contributed by atoms with Crippen LogP contribution in [0.1, 0.15) is 25.5 Å². The van der Waals surface area contributed by atoms with E-state index in [9.17, 15) is 8.42 Å². The molecule has 1 aliphatic heterocycles. The molecule has 0 unspecified atom stereocenters. The summed E-state index contributed by atoms with van der Waals surface area (Å²) in [6.45, 7) is 3.54. The maximum Gasteiger partial charge on any atom is 0.235 e. The first-order chi connectivity index (χ1) is 10.6. The van der Waals surface area contributed by atoms with Gasteiger partial charge in [0.25, 0.3) is 0 Å². The quantitative estimate of drug-likeness (QED) is 0.907. The average Bonchev–Trinajstić information content (AvgIpc) is 2.55. The first-order valence-corrected chi connectivity index (χ1v) is 9.26. The van der Waals surface area contributed by atoms with Gasteiger partial charge in [0.05, 0.1) is 16.5 Å². The Morgan fingerprint density at radius 3 is 2.73 bits per heavy atom. The molecule has 0 saturated carbocycles.